The van der Waals surface area contributed by atoms with Gasteiger partial charge in [0.25, 0.3) is 0 Å². The Morgan fingerprint density at radius 1 is 0.952 bits per heavy atom. The summed E-state index contributed by atoms with van der Waals surface area (Å²) < 4.78 is 0. The third-order valence-electron chi connectivity index (χ3n) is 3.31. The summed E-state index contributed by atoms with van der Waals surface area (Å²) in [7, 11) is 4.23. The number of rotatable bonds is 11. The van der Waals surface area contributed by atoms with E-state index >= 15 is 0 Å². The standard InChI is InChI=1S/C16H31N5/c1-5-9-14-15(17-10-6-2)19-13-20-16(14)18-11-7-8-12-21(3)4/h13H,5-12H2,1-4H3,(H2,17,18,19,20). The van der Waals surface area contributed by atoms with Crippen molar-refractivity contribution in [3.63, 3.8) is 0 Å². The van der Waals surface area contributed by atoms with Crippen molar-refractivity contribution >= 4 is 11.6 Å². The Balaban J connectivity index is 2.58. The van der Waals surface area contributed by atoms with E-state index in [0.717, 1.165) is 57.0 Å². The van der Waals surface area contributed by atoms with Crippen LogP contribution in [0, 0.1) is 0 Å². The lowest BCUT2D eigenvalue weighted by atomic mass is 10.1. The molecule has 0 saturated heterocycles. The normalized spacial score (nSPS) is 10.9. The highest BCUT2D eigenvalue weighted by molar-refractivity contribution is 5.57. The number of hydrogen-bond donors (Lipinski definition) is 2. The van der Waals surface area contributed by atoms with Gasteiger partial charge in [-0.1, -0.05) is 20.3 Å². The van der Waals surface area contributed by atoms with Crippen LogP contribution in [0.3, 0.4) is 0 Å². The molecule has 1 rings (SSSR count). The lowest BCUT2D eigenvalue weighted by Gasteiger charge is -2.15. The van der Waals surface area contributed by atoms with Gasteiger partial charge in [0.05, 0.1) is 0 Å². The van der Waals surface area contributed by atoms with Gasteiger partial charge in [-0.25, -0.2) is 9.97 Å². The van der Waals surface area contributed by atoms with E-state index in [0.29, 0.717) is 0 Å². The fourth-order valence-electron chi connectivity index (χ4n) is 2.21. The van der Waals surface area contributed by atoms with Crippen LogP contribution in [0.25, 0.3) is 0 Å². The van der Waals surface area contributed by atoms with Gasteiger partial charge in [-0.15, -0.1) is 0 Å². The molecule has 0 saturated carbocycles. The number of nitrogens with zero attached hydrogens (tertiary/aromatic N) is 3. The van der Waals surface area contributed by atoms with Gasteiger partial charge in [0.15, 0.2) is 0 Å². The number of unbranched alkanes of at least 4 members (excludes halogenated alkanes) is 1. The van der Waals surface area contributed by atoms with Crippen molar-refractivity contribution in [2.24, 2.45) is 0 Å². The monoisotopic (exact) mass is 293 g/mol. The molecule has 0 amide bonds. The Hall–Kier alpha value is -1.36. The van der Waals surface area contributed by atoms with Crippen LogP contribution in [-0.4, -0.2) is 48.6 Å². The molecular weight excluding hydrogens is 262 g/mol. The predicted octanol–water partition coefficient (Wildman–Crippen LogP) is 3.00. The Morgan fingerprint density at radius 3 is 2.19 bits per heavy atom. The smallest absolute Gasteiger partial charge is 0.134 e. The highest BCUT2D eigenvalue weighted by atomic mass is 15.1. The molecule has 21 heavy (non-hydrogen) atoms. The van der Waals surface area contributed by atoms with Gasteiger partial charge in [-0.3, -0.25) is 0 Å². The highest BCUT2D eigenvalue weighted by Gasteiger charge is 2.09. The first kappa shape index (κ1) is 17.7. The Labute approximate surface area is 129 Å². The van der Waals surface area contributed by atoms with Crippen molar-refractivity contribution in [2.45, 2.75) is 46.0 Å². The summed E-state index contributed by atoms with van der Waals surface area (Å²) in [5.41, 5.74) is 1.22. The minimum atomic E-state index is 0.954. The quantitative estimate of drug-likeness (QED) is 0.614. The molecule has 0 bridgehead atoms. The highest BCUT2D eigenvalue weighted by Crippen LogP contribution is 2.21. The number of hydrogen-bond acceptors (Lipinski definition) is 5. The molecule has 0 aliphatic carbocycles. The zero-order valence-corrected chi connectivity index (χ0v) is 14.1. The average molecular weight is 293 g/mol. The summed E-state index contributed by atoms with van der Waals surface area (Å²) in [4.78, 5) is 11.0. The van der Waals surface area contributed by atoms with E-state index in [4.69, 9.17) is 0 Å². The van der Waals surface area contributed by atoms with E-state index in [1.54, 1.807) is 6.33 Å². The van der Waals surface area contributed by atoms with Crippen molar-refractivity contribution in [3.8, 4) is 0 Å². The summed E-state index contributed by atoms with van der Waals surface area (Å²) in [6.45, 7) is 7.41. The lowest BCUT2D eigenvalue weighted by molar-refractivity contribution is 0.396. The number of anilines is 2. The first-order valence-corrected chi connectivity index (χ1v) is 8.15. The Morgan fingerprint density at radius 2 is 1.62 bits per heavy atom. The van der Waals surface area contributed by atoms with Gasteiger partial charge in [0.1, 0.15) is 18.0 Å². The molecule has 2 N–H and O–H groups in total. The molecule has 0 aliphatic heterocycles. The summed E-state index contributed by atoms with van der Waals surface area (Å²) in [5, 5.41) is 6.89. The van der Waals surface area contributed by atoms with Crippen molar-refractivity contribution < 1.29 is 0 Å². The number of aromatic nitrogens is 2. The maximum absolute atomic E-state index is 4.43. The molecule has 0 fully saturated rings. The zero-order chi connectivity index (χ0) is 15.5. The SMILES string of the molecule is CCCNc1ncnc(NCCCCN(C)C)c1CCC. The molecule has 0 spiro atoms. The fourth-order valence-corrected chi connectivity index (χ4v) is 2.21. The van der Waals surface area contributed by atoms with Crippen molar-refractivity contribution in [1.29, 1.82) is 0 Å². The van der Waals surface area contributed by atoms with E-state index in [1.807, 2.05) is 0 Å². The summed E-state index contributed by atoms with van der Waals surface area (Å²) in [6, 6.07) is 0. The molecule has 0 unspecified atom stereocenters. The molecule has 5 nitrogen and oxygen atoms in total. The molecule has 5 heteroatoms. The Bertz CT molecular complexity index is 392. The minimum absolute atomic E-state index is 0.954. The molecule has 0 radical (unpaired) electrons. The molecule has 0 aliphatic rings. The van der Waals surface area contributed by atoms with Crippen LogP contribution in [0.2, 0.25) is 0 Å². The second-order valence-corrected chi connectivity index (χ2v) is 5.66. The maximum atomic E-state index is 4.43. The first-order valence-electron chi connectivity index (χ1n) is 8.15. The lowest BCUT2D eigenvalue weighted by Crippen LogP contribution is -2.15. The van der Waals surface area contributed by atoms with Crippen LogP contribution >= 0.6 is 0 Å². The number of nitrogens with one attached hydrogen (secondary N) is 2. The maximum Gasteiger partial charge on any atom is 0.134 e. The Kier molecular flexibility index (Phi) is 8.74. The molecule has 0 atom stereocenters. The second kappa shape index (κ2) is 10.4. The van der Waals surface area contributed by atoms with Gasteiger partial charge >= 0.3 is 0 Å². The van der Waals surface area contributed by atoms with Crippen molar-refractivity contribution in [1.82, 2.24) is 14.9 Å². The van der Waals surface area contributed by atoms with Gasteiger partial charge in [-0.05, 0) is 46.3 Å². The van der Waals surface area contributed by atoms with E-state index < -0.39 is 0 Å². The molecule has 120 valence electrons. The van der Waals surface area contributed by atoms with E-state index in [1.165, 1.54) is 12.0 Å². The fraction of sp³-hybridized carbons (Fsp3) is 0.750. The minimum Gasteiger partial charge on any atom is -0.370 e. The summed E-state index contributed by atoms with van der Waals surface area (Å²) in [6.07, 6.45) is 7.22. The van der Waals surface area contributed by atoms with Gasteiger partial charge in [0.2, 0.25) is 0 Å². The van der Waals surface area contributed by atoms with Crippen LogP contribution in [0.15, 0.2) is 6.33 Å². The first-order chi connectivity index (χ1) is 10.2. The van der Waals surface area contributed by atoms with Gasteiger partial charge in [0, 0.05) is 18.7 Å². The van der Waals surface area contributed by atoms with Crippen LogP contribution in [0.1, 0.15) is 45.1 Å². The predicted molar refractivity (Wildman–Crippen MR) is 91.1 cm³/mol. The molecule has 0 aromatic carbocycles. The largest absolute Gasteiger partial charge is 0.370 e. The van der Waals surface area contributed by atoms with E-state index in [2.05, 4.69) is 53.4 Å². The topological polar surface area (TPSA) is 53.1 Å². The average Bonchev–Trinajstić information content (AvgIpc) is 2.46. The molecule has 1 aromatic rings. The van der Waals surface area contributed by atoms with Crippen molar-refractivity contribution in [2.75, 3.05) is 44.4 Å². The third kappa shape index (κ3) is 6.76. The summed E-state index contributed by atoms with van der Waals surface area (Å²) in [5.74, 6) is 1.99. The van der Waals surface area contributed by atoms with Gasteiger partial charge in [-0.2, -0.15) is 0 Å². The van der Waals surface area contributed by atoms with Crippen LogP contribution in [0.4, 0.5) is 11.6 Å². The van der Waals surface area contributed by atoms with Crippen molar-refractivity contribution in [3.05, 3.63) is 11.9 Å². The second-order valence-electron chi connectivity index (χ2n) is 5.66. The summed E-state index contributed by atoms with van der Waals surface area (Å²) >= 11 is 0. The van der Waals surface area contributed by atoms with Crippen LogP contribution in [0.5, 0.6) is 0 Å². The van der Waals surface area contributed by atoms with Gasteiger partial charge < -0.3 is 15.5 Å². The molecule has 1 heterocycles. The molecular formula is C16H31N5. The van der Waals surface area contributed by atoms with Crippen LogP contribution < -0.4 is 10.6 Å². The van der Waals surface area contributed by atoms with E-state index in [9.17, 15) is 0 Å². The van der Waals surface area contributed by atoms with Crippen LogP contribution in [-0.2, 0) is 6.42 Å². The zero-order valence-electron chi connectivity index (χ0n) is 14.1. The van der Waals surface area contributed by atoms with E-state index in [-0.39, 0.29) is 0 Å². The molecule has 1 aromatic heterocycles. The third-order valence-corrected chi connectivity index (χ3v) is 3.31.